The van der Waals surface area contributed by atoms with Gasteiger partial charge in [0.15, 0.2) is 11.8 Å². The maximum Gasteiger partial charge on any atom is 0.360 e. The molecule has 0 saturated carbocycles. The average molecular weight is 501 g/mol. The van der Waals surface area contributed by atoms with E-state index >= 15 is 0 Å². The van der Waals surface area contributed by atoms with Crippen molar-refractivity contribution in [3.63, 3.8) is 0 Å². The second-order valence-electron chi connectivity index (χ2n) is 7.98. The Bertz CT molecular complexity index is 1450. The first-order chi connectivity index (χ1) is 16.7. The molecule has 1 fully saturated rings. The number of carbonyl (C=O) groups is 2. The normalized spacial score (nSPS) is 15.5. The molecule has 1 atom stereocenters. The Morgan fingerprint density at radius 1 is 1.14 bits per heavy atom. The third kappa shape index (κ3) is 5.09. The Morgan fingerprint density at radius 2 is 1.83 bits per heavy atom. The molecule has 12 heteroatoms. The van der Waals surface area contributed by atoms with E-state index in [1.54, 1.807) is 43.3 Å². The minimum absolute atomic E-state index is 0.0748. The number of hydrogen-bond acceptors (Lipinski definition) is 8. The molecule has 2 heterocycles. The molecule has 0 radical (unpaired) electrons. The van der Waals surface area contributed by atoms with Crippen LogP contribution in [-0.4, -0.2) is 67.2 Å². The monoisotopic (exact) mass is 500 g/mol. The summed E-state index contributed by atoms with van der Waals surface area (Å²) in [6.07, 6.45) is -1.23. The molecule has 2 aromatic carbocycles. The zero-order chi connectivity index (χ0) is 25.2. The van der Waals surface area contributed by atoms with Gasteiger partial charge in [0, 0.05) is 24.2 Å². The van der Waals surface area contributed by atoms with E-state index in [0.29, 0.717) is 24.2 Å². The molecular formula is C23H24N4O7S. The van der Waals surface area contributed by atoms with Crippen molar-refractivity contribution in [2.75, 3.05) is 31.6 Å². The van der Waals surface area contributed by atoms with Crippen molar-refractivity contribution in [2.24, 2.45) is 0 Å². The topological polar surface area (TPSA) is 148 Å². The van der Waals surface area contributed by atoms with E-state index in [4.69, 9.17) is 9.47 Å². The number of amides is 1. The van der Waals surface area contributed by atoms with Gasteiger partial charge < -0.3 is 14.8 Å². The van der Waals surface area contributed by atoms with Crippen LogP contribution in [0.5, 0.6) is 0 Å². The first kappa shape index (κ1) is 24.5. The molecule has 0 aliphatic carbocycles. The van der Waals surface area contributed by atoms with E-state index in [2.05, 4.69) is 15.5 Å². The quantitative estimate of drug-likeness (QED) is 0.483. The first-order valence-electron chi connectivity index (χ1n) is 10.9. The van der Waals surface area contributed by atoms with Crippen LogP contribution in [-0.2, 0) is 24.3 Å². The van der Waals surface area contributed by atoms with Gasteiger partial charge in [-0.3, -0.25) is 9.59 Å². The Morgan fingerprint density at radius 3 is 2.54 bits per heavy atom. The highest BCUT2D eigenvalue weighted by Crippen LogP contribution is 2.24. The number of morpholine rings is 1. The van der Waals surface area contributed by atoms with Gasteiger partial charge in [0.2, 0.25) is 10.0 Å². The highest BCUT2D eigenvalue weighted by molar-refractivity contribution is 7.89. The van der Waals surface area contributed by atoms with Gasteiger partial charge in [-0.1, -0.05) is 24.3 Å². The van der Waals surface area contributed by atoms with Crippen LogP contribution in [0.15, 0.2) is 52.2 Å². The molecule has 1 aliphatic rings. The van der Waals surface area contributed by atoms with E-state index in [1.807, 2.05) is 0 Å². The van der Waals surface area contributed by atoms with Gasteiger partial charge in [0.25, 0.3) is 11.5 Å². The zero-order valence-electron chi connectivity index (χ0n) is 19.1. The maximum absolute atomic E-state index is 13.1. The zero-order valence-corrected chi connectivity index (χ0v) is 19.9. The van der Waals surface area contributed by atoms with E-state index in [-0.39, 0.29) is 34.8 Å². The number of rotatable bonds is 6. The third-order valence-corrected chi connectivity index (χ3v) is 7.63. The van der Waals surface area contributed by atoms with Gasteiger partial charge >= 0.3 is 5.97 Å². The smallest absolute Gasteiger partial charge is 0.360 e. The van der Waals surface area contributed by atoms with Crippen molar-refractivity contribution in [3.05, 3.63) is 64.1 Å². The van der Waals surface area contributed by atoms with Gasteiger partial charge in [0.1, 0.15) is 0 Å². The summed E-state index contributed by atoms with van der Waals surface area (Å²) >= 11 is 0. The fraction of sp³-hybridized carbons (Fsp3) is 0.304. The third-order valence-electron chi connectivity index (χ3n) is 5.59. The number of ether oxygens (including phenoxy) is 2. The van der Waals surface area contributed by atoms with E-state index in [9.17, 15) is 22.8 Å². The van der Waals surface area contributed by atoms with Crippen molar-refractivity contribution < 1.29 is 27.5 Å². The number of hydrogen-bond donors (Lipinski definition) is 2. The van der Waals surface area contributed by atoms with Crippen LogP contribution in [0.4, 0.5) is 5.69 Å². The molecule has 35 heavy (non-hydrogen) atoms. The van der Waals surface area contributed by atoms with Crippen molar-refractivity contribution in [1.29, 1.82) is 0 Å². The summed E-state index contributed by atoms with van der Waals surface area (Å²) in [6, 6.07) is 10.9. The summed E-state index contributed by atoms with van der Waals surface area (Å²) in [4.78, 5) is 37.4. The number of benzene rings is 2. The number of carbonyl (C=O) groups excluding carboxylic acids is 2. The van der Waals surface area contributed by atoms with Gasteiger partial charge in [0.05, 0.1) is 23.5 Å². The Hall–Kier alpha value is -3.61. The van der Waals surface area contributed by atoms with Gasteiger partial charge in [-0.2, -0.15) is 9.40 Å². The van der Waals surface area contributed by atoms with Crippen LogP contribution in [0.3, 0.4) is 0 Å². The van der Waals surface area contributed by atoms with Crippen molar-refractivity contribution >= 4 is 38.4 Å². The molecule has 1 amide bonds. The summed E-state index contributed by atoms with van der Waals surface area (Å²) in [5.74, 6) is -1.55. The molecular weight excluding hydrogens is 476 g/mol. The fourth-order valence-corrected chi connectivity index (χ4v) is 5.32. The van der Waals surface area contributed by atoms with Crippen molar-refractivity contribution in [2.45, 2.75) is 24.8 Å². The average Bonchev–Trinajstić information content (AvgIpc) is 2.86. The number of aryl methyl sites for hydroxylation is 1. The number of nitrogens with zero attached hydrogens (tertiary/aromatic N) is 2. The second-order valence-corrected chi connectivity index (χ2v) is 9.89. The number of H-pyrrole nitrogens is 1. The van der Waals surface area contributed by atoms with Gasteiger partial charge in [-0.05, 0) is 37.6 Å². The van der Waals surface area contributed by atoms with E-state index < -0.39 is 33.6 Å². The van der Waals surface area contributed by atoms with Crippen molar-refractivity contribution in [3.8, 4) is 0 Å². The van der Waals surface area contributed by atoms with Crippen LogP contribution in [0.2, 0.25) is 0 Å². The van der Waals surface area contributed by atoms with Crippen LogP contribution < -0.4 is 10.9 Å². The second kappa shape index (κ2) is 9.94. The Labute approximate surface area is 201 Å². The lowest BCUT2D eigenvalue weighted by Gasteiger charge is -2.27. The predicted octanol–water partition coefficient (Wildman–Crippen LogP) is 1.44. The minimum atomic E-state index is -3.77. The van der Waals surface area contributed by atoms with Gasteiger partial charge in [-0.15, -0.1) is 0 Å². The molecule has 3 aromatic rings. The number of nitrogens with one attached hydrogen (secondary N) is 2. The van der Waals surface area contributed by atoms with Crippen LogP contribution >= 0.6 is 0 Å². The highest BCUT2D eigenvalue weighted by Gasteiger charge is 2.28. The number of anilines is 1. The number of esters is 1. The summed E-state index contributed by atoms with van der Waals surface area (Å²) in [5.41, 5.74) is 0.187. The van der Waals surface area contributed by atoms with Crippen LogP contribution in [0.1, 0.15) is 23.0 Å². The van der Waals surface area contributed by atoms with Crippen LogP contribution in [0, 0.1) is 6.92 Å². The lowest BCUT2D eigenvalue weighted by molar-refractivity contribution is -0.123. The molecule has 1 saturated heterocycles. The number of sulfonamides is 1. The largest absolute Gasteiger partial charge is 0.448 e. The van der Waals surface area contributed by atoms with Crippen molar-refractivity contribution in [1.82, 2.24) is 14.5 Å². The summed E-state index contributed by atoms with van der Waals surface area (Å²) in [5, 5.41) is 9.16. The Balaban J connectivity index is 1.49. The maximum atomic E-state index is 13.1. The SMILES string of the molecule is Cc1ccc(NC(=O)C(C)OC(=O)c2n[nH]c(=O)c3ccccc23)cc1S(=O)(=O)N1CCOCC1. The lowest BCUT2D eigenvalue weighted by atomic mass is 10.1. The minimum Gasteiger partial charge on any atom is -0.448 e. The summed E-state index contributed by atoms with van der Waals surface area (Å²) in [6.45, 7) is 4.18. The molecule has 1 aromatic heterocycles. The lowest BCUT2D eigenvalue weighted by Crippen LogP contribution is -2.40. The molecule has 184 valence electrons. The van der Waals surface area contributed by atoms with Gasteiger partial charge in [-0.25, -0.2) is 18.3 Å². The molecule has 1 aliphatic heterocycles. The first-order valence-corrected chi connectivity index (χ1v) is 12.3. The molecule has 0 spiro atoms. The fourth-order valence-electron chi connectivity index (χ4n) is 3.67. The highest BCUT2D eigenvalue weighted by atomic mass is 32.2. The van der Waals surface area contributed by atoms with E-state index in [1.165, 1.54) is 17.3 Å². The molecule has 11 nitrogen and oxygen atoms in total. The standard InChI is InChI=1S/C23H24N4O7S/c1-14-7-8-16(13-19(14)35(31,32)27-9-11-33-12-10-27)24-21(28)15(2)34-23(30)20-17-5-3-4-6-18(17)22(29)26-25-20/h3-8,13,15H,9-12H2,1-2H3,(H,24,28)(H,26,29). The Kier molecular flexibility index (Phi) is 6.96. The molecule has 2 N–H and O–H groups in total. The number of fused-ring (bicyclic) bond motifs is 1. The molecule has 1 unspecified atom stereocenters. The summed E-state index contributed by atoms with van der Waals surface area (Å²) in [7, 11) is -3.77. The predicted molar refractivity (Wildman–Crippen MR) is 127 cm³/mol. The molecule has 0 bridgehead atoms. The van der Waals surface area contributed by atoms with Crippen LogP contribution in [0.25, 0.3) is 10.8 Å². The number of aromatic amines is 1. The van der Waals surface area contributed by atoms with E-state index in [0.717, 1.165) is 0 Å². The number of aromatic nitrogens is 2. The summed E-state index contributed by atoms with van der Waals surface area (Å²) < 4.78 is 38.0. The molecule has 4 rings (SSSR count).